The molecule has 0 amide bonds. The number of aromatic nitrogens is 4. The normalized spacial score (nSPS) is 18.8. The van der Waals surface area contributed by atoms with Crippen molar-refractivity contribution in [2.75, 3.05) is 13.1 Å². The molecule has 0 bridgehead atoms. The maximum atomic E-state index is 6.43. The van der Waals surface area contributed by atoms with Gasteiger partial charge < -0.3 is 5.73 Å². The Morgan fingerprint density at radius 2 is 1.92 bits per heavy atom. The number of rotatable bonds is 7. The Kier molecular flexibility index (Phi) is 6.16. The highest BCUT2D eigenvalue weighted by Gasteiger charge is 2.29. The first-order valence-electron chi connectivity index (χ1n) is 9.55. The predicted octanol–water partition coefficient (Wildman–Crippen LogP) is 3.08. The molecule has 0 aliphatic carbocycles. The lowest BCUT2D eigenvalue weighted by molar-refractivity contribution is 0.162. The SMILES string of the molecule is C=CC(C[C@H](N)c1ccccc1)N1CCC(c2nnnn2C(C)C)CC1. The highest BCUT2D eigenvalue weighted by molar-refractivity contribution is 5.19. The maximum Gasteiger partial charge on any atom is 0.154 e. The molecule has 0 saturated carbocycles. The lowest BCUT2D eigenvalue weighted by Gasteiger charge is -2.37. The van der Waals surface area contributed by atoms with Crippen LogP contribution < -0.4 is 5.73 Å². The van der Waals surface area contributed by atoms with Crippen LogP contribution in [0.5, 0.6) is 0 Å². The summed E-state index contributed by atoms with van der Waals surface area (Å²) in [5.41, 5.74) is 7.62. The Bertz CT molecular complexity index is 687. The molecule has 140 valence electrons. The molecule has 1 aromatic carbocycles. The molecule has 1 saturated heterocycles. The molecule has 6 nitrogen and oxygen atoms in total. The zero-order valence-electron chi connectivity index (χ0n) is 15.8. The summed E-state index contributed by atoms with van der Waals surface area (Å²) < 4.78 is 1.95. The number of nitrogens with zero attached hydrogens (tertiary/aromatic N) is 5. The molecule has 1 unspecified atom stereocenters. The Morgan fingerprint density at radius 1 is 1.23 bits per heavy atom. The van der Waals surface area contributed by atoms with E-state index in [2.05, 4.69) is 53.0 Å². The van der Waals surface area contributed by atoms with Gasteiger partial charge in [0.05, 0.1) is 6.04 Å². The minimum absolute atomic E-state index is 0.0326. The lowest BCUT2D eigenvalue weighted by Crippen LogP contribution is -2.41. The average molecular weight is 355 g/mol. The van der Waals surface area contributed by atoms with Crippen LogP contribution in [-0.2, 0) is 0 Å². The van der Waals surface area contributed by atoms with Crippen LogP contribution in [0.25, 0.3) is 0 Å². The second-order valence-electron chi connectivity index (χ2n) is 7.44. The molecular weight excluding hydrogens is 324 g/mol. The van der Waals surface area contributed by atoms with Crippen LogP contribution >= 0.6 is 0 Å². The van der Waals surface area contributed by atoms with Gasteiger partial charge >= 0.3 is 0 Å². The van der Waals surface area contributed by atoms with Crippen molar-refractivity contribution in [2.45, 2.75) is 57.2 Å². The molecule has 0 spiro atoms. The summed E-state index contributed by atoms with van der Waals surface area (Å²) in [5, 5.41) is 12.3. The number of tetrazole rings is 1. The molecule has 6 heteroatoms. The second-order valence-corrected chi connectivity index (χ2v) is 7.44. The third kappa shape index (κ3) is 4.19. The largest absolute Gasteiger partial charge is 0.324 e. The number of piperidine rings is 1. The van der Waals surface area contributed by atoms with Crippen molar-refractivity contribution in [1.29, 1.82) is 0 Å². The van der Waals surface area contributed by atoms with Crippen LogP contribution in [-0.4, -0.2) is 44.2 Å². The fourth-order valence-corrected chi connectivity index (χ4v) is 3.82. The zero-order chi connectivity index (χ0) is 18.5. The predicted molar refractivity (Wildman–Crippen MR) is 104 cm³/mol. The van der Waals surface area contributed by atoms with Gasteiger partial charge in [-0.05, 0) is 62.2 Å². The van der Waals surface area contributed by atoms with Crippen molar-refractivity contribution in [3.05, 3.63) is 54.4 Å². The van der Waals surface area contributed by atoms with E-state index in [1.165, 1.54) is 5.56 Å². The van der Waals surface area contributed by atoms with E-state index in [1.54, 1.807) is 0 Å². The monoisotopic (exact) mass is 354 g/mol. The summed E-state index contributed by atoms with van der Waals surface area (Å²) in [5.74, 6) is 1.45. The molecule has 2 aromatic rings. The lowest BCUT2D eigenvalue weighted by atomic mass is 9.92. The van der Waals surface area contributed by atoms with Crippen molar-refractivity contribution in [1.82, 2.24) is 25.1 Å². The second kappa shape index (κ2) is 8.56. The summed E-state index contributed by atoms with van der Waals surface area (Å²) in [7, 11) is 0. The summed E-state index contributed by atoms with van der Waals surface area (Å²) in [6.07, 6.45) is 5.07. The topological polar surface area (TPSA) is 72.9 Å². The van der Waals surface area contributed by atoms with E-state index < -0.39 is 0 Å². The van der Waals surface area contributed by atoms with Crippen LogP contribution in [0.15, 0.2) is 43.0 Å². The van der Waals surface area contributed by atoms with Gasteiger partial charge in [0.15, 0.2) is 5.82 Å². The number of likely N-dealkylation sites (tertiary alicyclic amines) is 1. The first-order valence-corrected chi connectivity index (χ1v) is 9.55. The van der Waals surface area contributed by atoms with Gasteiger partial charge in [0.25, 0.3) is 0 Å². The fourth-order valence-electron chi connectivity index (χ4n) is 3.82. The van der Waals surface area contributed by atoms with Crippen molar-refractivity contribution in [2.24, 2.45) is 5.73 Å². The third-order valence-corrected chi connectivity index (χ3v) is 5.37. The van der Waals surface area contributed by atoms with Gasteiger partial charge in [-0.25, -0.2) is 4.68 Å². The molecule has 3 rings (SSSR count). The quantitative estimate of drug-likeness (QED) is 0.774. The molecular formula is C20H30N6. The van der Waals surface area contributed by atoms with Gasteiger partial charge in [0.2, 0.25) is 0 Å². The Labute approximate surface area is 156 Å². The molecule has 1 fully saturated rings. The van der Waals surface area contributed by atoms with E-state index in [0.717, 1.165) is 38.2 Å². The summed E-state index contributed by atoms with van der Waals surface area (Å²) in [6, 6.07) is 10.9. The smallest absolute Gasteiger partial charge is 0.154 e. The van der Waals surface area contributed by atoms with E-state index >= 15 is 0 Å². The van der Waals surface area contributed by atoms with E-state index in [1.807, 2.05) is 29.0 Å². The zero-order valence-corrected chi connectivity index (χ0v) is 15.8. The van der Waals surface area contributed by atoms with Crippen molar-refractivity contribution in [3.63, 3.8) is 0 Å². The first kappa shape index (κ1) is 18.7. The van der Waals surface area contributed by atoms with Gasteiger partial charge in [-0.3, -0.25) is 4.90 Å². The van der Waals surface area contributed by atoms with Crippen LogP contribution in [0.4, 0.5) is 0 Å². The molecule has 2 N–H and O–H groups in total. The molecule has 1 aliphatic rings. The molecule has 1 aliphatic heterocycles. The first-order chi connectivity index (χ1) is 12.6. The number of hydrogen-bond donors (Lipinski definition) is 1. The standard InChI is InChI=1S/C20H30N6/c1-4-18(14-19(21)16-8-6-5-7-9-16)25-12-10-17(11-13-25)20-22-23-24-26(20)15(2)3/h4-9,15,17-19H,1,10-14,21H2,2-3H3/t18?,19-/m0/s1. The van der Waals surface area contributed by atoms with Crippen LogP contribution in [0, 0.1) is 0 Å². The molecule has 1 aromatic heterocycles. The maximum absolute atomic E-state index is 6.43. The average Bonchev–Trinajstić information content (AvgIpc) is 3.17. The van der Waals surface area contributed by atoms with E-state index in [9.17, 15) is 0 Å². The van der Waals surface area contributed by atoms with Crippen molar-refractivity contribution in [3.8, 4) is 0 Å². The highest BCUT2D eigenvalue weighted by atomic mass is 15.5. The van der Waals surface area contributed by atoms with Crippen molar-refractivity contribution < 1.29 is 0 Å². The van der Waals surface area contributed by atoms with Crippen LogP contribution in [0.3, 0.4) is 0 Å². The Morgan fingerprint density at radius 3 is 2.54 bits per heavy atom. The Hall–Kier alpha value is -2.05. The van der Waals surface area contributed by atoms with Gasteiger partial charge in [-0.1, -0.05) is 36.4 Å². The van der Waals surface area contributed by atoms with Gasteiger partial charge in [0, 0.05) is 18.0 Å². The minimum Gasteiger partial charge on any atom is -0.324 e. The van der Waals surface area contributed by atoms with E-state index in [4.69, 9.17) is 5.73 Å². The molecule has 26 heavy (non-hydrogen) atoms. The van der Waals surface area contributed by atoms with Gasteiger partial charge in [-0.15, -0.1) is 11.7 Å². The summed E-state index contributed by atoms with van der Waals surface area (Å²) in [6.45, 7) is 10.3. The number of benzene rings is 1. The van der Waals surface area contributed by atoms with Gasteiger partial charge in [-0.2, -0.15) is 0 Å². The number of hydrogen-bond acceptors (Lipinski definition) is 5. The highest BCUT2D eigenvalue weighted by Crippen LogP contribution is 2.30. The third-order valence-electron chi connectivity index (χ3n) is 5.37. The van der Waals surface area contributed by atoms with E-state index in [0.29, 0.717) is 18.0 Å². The van der Waals surface area contributed by atoms with Gasteiger partial charge in [0.1, 0.15) is 0 Å². The Balaban J connectivity index is 1.59. The molecule has 2 heterocycles. The summed E-state index contributed by atoms with van der Waals surface area (Å²) in [4.78, 5) is 2.50. The van der Waals surface area contributed by atoms with Crippen molar-refractivity contribution >= 4 is 0 Å². The molecule has 2 atom stereocenters. The minimum atomic E-state index is 0.0326. The van der Waals surface area contributed by atoms with E-state index in [-0.39, 0.29) is 6.04 Å². The molecule has 0 radical (unpaired) electrons. The number of nitrogens with two attached hydrogens (primary N) is 1. The fraction of sp³-hybridized carbons (Fsp3) is 0.550. The summed E-state index contributed by atoms with van der Waals surface area (Å²) >= 11 is 0. The van der Waals surface area contributed by atoms with Crippen LogP contribution in [0.2, 0.25) is 0 Å². The van der Waals surface area contributed by atoms with Crippen LogP contribution in [0.1, 0.15) is 62.5 Å².